The number of esters is 1. The van der Waals surface area contributed by atoms with Crippen LogP contribution < -0.4 is 10.0 Å². The number of nitrogens with one attached hydrogen (secondary N) is 2. The van der Waals surface area contributed by atoms with Crippen molar-refractivity contribution in [2.24, 2.45) is 0 Å². The van der Waals surface area contributed by atoms with E-state index in [1.807, 2.05) is 0 Å². The number of halogens is 1. The van der Waals surface area contributed by atoms with Crippen LogP contribution in [0.1, 0.15) is 24.8 Å². The minimum Gasteiger partial charge on any atom is -0.469 e. The molecule has 0 spiro atoms. The second-order valence-electron chi connectivity index (χ2n) is 6.32. The van der Waals surface area contributed by atoms with Crippen LogP contribution in [0.3, 0.4) is 0 Å². The Morgan fingerprint density at radius 2 is 1.66 bits per heavy atom. The number of hydrogen-bond acceptors (Lipinski definition) is 5. The fourth-order valence-corrected chi connectivity index (χ4v) is 3.55. The van der Waals surface area contributed by atoms with Gasteiger partial charge in [0.2, 0.25) is 5.91 Å². The van der Waals surface area contributed by atoms with Gasteiger partial charge in [0.25, 0.3) is 10.0 Å². The molecule has 29 heavy (non-hydrogen) atoms. The van der Waals surface area contributed by atoms with Crippen molar-refractivity contribution in [3.63, 3.8) is 0 Å². The van der Waals surface area contributed by atoms with E-state index in [2.05, 4.69) is 14.8 Å². The lowest BCUT2D eigenvalue weighted by Gasteiger charge is -2.09. The Kier molecular flexibility index (Phi) is 8.14. The predicted molar refractivity (Wildman–Crippen MR) is 106 cm³/mol. The van der Waals surface area contributed by atoms with Gasteiger partial charge < -0.3 is 10.1 Å². The number of amides is 1. The SMILES string of the molecule is COC(=O)CCCCNC(=O)Cc1ccc(NS(=O)(=O)c2ccc(F)cc2)cc1. The number of methoxy groups -OCH3 is 1. The molecule has 156 valence electrons. The summed E-state index contributed by atoms with van der Waals surface area (Å²) < 4.78 is 44.5. The van der Waals surface area contributed by atoms with Gasteiger partial charge in [-0.15, -0.1) is 0 Å². The highest BCUT2D eigenvalue weighted by Crippen LogP contribution is 2.17. The number of ether oxygens (including phenoxy) is 1. The molecule has 0 atom stereocenters. The van der Waals surface area contributed by atoms with Crippen molar-refractivity contribution >= 4 is 27.6 Å². The Bertz CT molecular complexity index is 928. The van der Waals surface area contributed by atoms with Gasteiger partial charge in [0.05, 0.1) is 18.4 Å². The molecule has 9 heteroatoms. The van der Waals surface area contributed by atoms with Crippen LogP contribution in [0.2, 0.25) is 0 Å². The molecule has 2 rings (SSSR count). The lowest BCUT2D eigenvalue weighted by atomic mass is 10.1. The van der Waals surface area contributed by atoms with E-state index >= 15 is 0 Å². The van der Waals surface area contributed by atoms with Gasteiger partial charge in [0.15, 0.2) is 0 Å². The number of rotatable bonds is 10. The topological polar surface area (TPSA) is 102 Å². The zero-order chi connectivity index (χ0) is 21.3. The molecule has 2 N–H and O–H groups in total. The van der Waals surface area contributed by atoms with Crippen molar-refractivity contribution in [2.45, 2.75) is 30.6 Å². The van der Waals surface area contributed by atoms with Gasteiger partial charge in [-0.25, -0.2) is 12.8 Å². The molecule has 2 aromatic rings. The summed E-state index contributed by atoms with van der Waals surface area (Å²) in [6, 6.07) is 10.9. The standard InChI is InChI=1S/C20H23FN2O5S/c1-28-20(25)4-2-3-13-22-19(24)14-15-5-9-17(10-6-15)23-29(26,27)18-11-7-16(21)8-12-18/h5-12,23H,2-4,13-14H2,1H3,(H,22,24). The molecule has 0 fully saturated rings. The van der Waals surface area contributed by atoms with Crippen LogP contribution >= 0.6 is 0 Å². The van der Waals surface area contributed by atoms with E-state index in [0.29, 0.717) is 31.5 Å². The van der Waals surface area contributed by atoms with Crippen molar-refractivity contribution in [2.75, 3.05) is 18.4 Å². The second kappa shape index (κ2) is 10.6. The van der Waals surface area contributed by atoms with Gasteiger partial charge in [0, 0.05) is 18.7 Å². The molecule has 0 radical (unpaired) electrons. The number of sulfonamides is 1. The third kappa shape index (κ3) is 7.53. The molecule has 0 aliphatic carbocycles. The van der Waals surface area contributed by atoms with Crippen LogP contribution in [0.4, 0.5) is 10.1 Å². The van der Waals surface area contributed by atoms with Crippen molar-refractivity contribution in [3.8, 4) is 0 Å². The molecule has 2 aromatic carbocycles. The first-order valence-electron chi connectivity index (χ1n) is 9.01. The van der Waals surface area contributed by atoms with E-state index in [1.54, 1.807) is 24.3 Å². The third-order valence-corrected chi connectivity index (χ3v) is 5.45. The highest BCUT2D eigenvalue weighted by molar-refractivity contribution is 7.92. The summed E-state index contributed by atoms with van der Waals surface area (Å²) in [5.41, 5.74) is 1.06. The summed E-state index contributed by atoms with van der Waals surface area (Å²) in [7, 11) is -2.48. The summed E-state index contributed by atoms with van der Waals surface area (Å²) >= 11 is 0. The monoisotopic (exact) mass is 422 g/mol. The maximum absolute atomic E-state index is 12.9. The smallest absolute Gasteiger partial charge is 0.305 e. The van der Waals surface area contributed by atoms with Gasteiger partial charge in [-0.3, -0.25) is 14.3 Å². The Balaban J connectivity index is 1.81. The molecule has 0 aliphatic heterocycles. The van der Waals surface area contributed by atoms with Gasteiger partial charge in [0.1, 0.15) is 5.82 Å². The van der Waals surface area contributed by atoms with Crippen molar-refractivity contribution < 1.29 is 27.1 Å². The maximum Gasteiger partial charge on any atom is 0.305 e. The highest BCUT2D eigenvalue weighted by atomic mass is 32.2. The zero-order valence-corrected chi connectivity index (χ0v) is 16.8. The molecular weight excluding hydrogens is 399 g/mol. The first-order chi connectivity index (χ1) is 13.8. The van der Waals surface area contributed by atoms with Gasteiger partial charge >= 0.3 is 5.97 Å². The molecule has 0 saturated carbocycles. The Morgan fingerprint density at radius 1 is 1.00 bits per heavy atom. The van der Waals surface area contributed by atoms with Gasteiger partial charge in [-0.1, -0.05) is 12.1 Å². The van der Waals surface area contributed by atoms with Crippen LogP contribution in [-0.4, -0.2) is 33.9 Å². The normalized spacial score (nSPS) is 11.0. The van der Waals surface area contributed by atoms with Crippen LogP contribution in [0, 0.1) is 5.82 Å². The zero-order valence-electron chi connectivity index (χ0n) is 16.0. The Morgan fingerprint density at radius 3 is 2.28 bits per heavy atom. The van der Waals surface area contributed by atoms with E-state index in [-0.39, 0.29) is 23.2 Å². The second-order valence-corrected chi connectivity index (χ2v) is 8.00. The van der Waals surface area contributed by atoms with Crippen molar-refractivity contribution in [1.82, 2.24) is 5.32 Å². The number of carbonyl (C=O) groups excluding carboxylic acids is 2. The molecule has 0 bridgehead atoms. The van der Waals surface area contributed by atoms with Crippen LogP contribution in [0.25, 0.3) is 0 Å². The highest BCUT2D eigenvalue weighted by Gasteiger charge is 2.14. The molecule has 7 nitrogen and oxygen atoms in total. The average molecular weight is 422 g/mol. The number of unbranched alkanes of at least 4 members (excludes halogenated alkanes) is 1. The maximum atomic E-state index is 12.9. The van der Waals surface area contributed by atoms with E-state index in [1.165, 1.54) is 19.2 Å². The fraction of sp³-hybridized carbons (Fsp3) is 0.300. The largest absolute Gasteiger partial charge is 0.469 e. The summed E-state index contributed by atoms with van der Waals surface area (Å²) in [6.07, 6.45) is 1.78. The molecule has 0 aromatic heterocycles. The fourth-order valence-electron chi connectivity index (χ4n) is 2.49. The number of hydrogen-bond donors (Lipinski definition) is 2. The van der Waals surface area contributed by atoms with E-state index in [9.17, 15) is 22.4 Å². The summed E-state index contributed by atoms with van der Waals surface area (Å²) in [6.45, 7) is 0.464. The molecule has 1 amide bonds. The lowest BCUT2D eigenvalue weighted by Crippen LogP contribution is -2.26. The first-order valence-corrected chi connectivity index (χ1v) is 10.5. The number of carbonyl (C=O) groups is 2. The average Bonchev–Trinajstić information content (AvgIpc) is 2.69. The first kappa shape index (κ1) is 22.4. The predicted octanol–water partition coefficient (Wildman–Crippen LogP) is 2.63. The lowest BCUT2D eigenvalue weighted by molar-refractivity contribution is -0.140. The van der Waals surface area contributed by atoms with Gasteiger partial charge in [-0.05, 0) is 54.8 Å². The molecular formula is C20H23FN2O5S. The Labute approximate surface area is 169 Å². The summed E-state index contributed by atoms with van der Waals surface area (Å²) in [5, 5.41) is 2.77. The van der Waals surface area contributed by atoms with Crippen molar-refractivity contribution in [3.05, 3.63) is 59.9 Å². The van der Waals surface area contributed by atoms with Crippen LogP contribution in [0.5, 0.6) is 0 Å². The minimum absolute atomic E-state index is 0.0467. The third-order valence-electron chi connectivity index (χ3n) is 4.05. The summed E-state index contributed by atoms with van der Waals surface area (Å²) in [5.74, 6) is -0.954. The quantitative estimate of drug-likeness (QED) is 0.453. The summed E-state index contributed by atoms with van der Waals surface area (Å²) in [4.78, 5) is 22.9. The van der Waals surface area contributed by atoms with Gasteiger partial charge in [-0.2, -0.15) is 0 Å². The molecule has 0 saturated heterocycles. The van der Waals surface area contributed by atoms with E-state index in [4.69, 9.17) is 0 Å². The van der Waals surface area contributed by atoms with E-state index in [0.717, 1.165) is 17.7 Å². The number of benzene rings is 2. The molecule has 0 unspecified atom stereocenters. The van der Waals surface area contributed by atoms with Crippen LogP contribution in [-0.2, 0) is 30.8 Å². The molecule has 0 heterocycles. The number of anilines is 1. The van der Waals surface area contributed by atoms with Crippen molar-refractivity contribution in [1.29, 1.82) is 0 Å². The van der Waals surface area contributed by atoms with E-state index < -0.39 is 15.8 Å². The van der Waals surface area contributed by atoms with Crippen LogP contribution in [0.15, 0.2) is 53.4 Å². The molecule has 0 aliphatic rings. The Hall–Kier alpha value is -2.94. The minimum atomic E-state index is -3.82.